The molecule has 2 nitrogen and oxygen atoms in total. The molecule has 0 saturated carbocycles. The minimum Gasteiger partial charge on any atom is -0.411 e. The van der Waals surface area contributed by atoms with Crippen molar-refractivity contribution in [2.24, 2.45) is 5.16 Å². The van der Waals surface area contributed by atoms with Crippen molar-refractivity contribution in [3.63, 3.8) is 0 Å². The van der Waals surface area contributed by atoms with Crippen LogP contribution in [0.2, 0.25) is 0 Å². The molecule has 0 rings (SSSR count). The zero-order chi connectivity index (χ0) is 4.28. The molecular weight excluding hydrogens is 88.3 g/mol. The summed E-state index contributed by atoms with van der Waals surface area (Å²) in [7, 11) is 1.49. The van der Waals surface area contributed by atoms with Gasteiger partial charge >= 0.3 is 0 Å². The summed E-state index contributed by atoms with van der Waals surface area (Å²) in [5.41, 5.74) is 0. The molecule has 0 aromatic heterocycles. The van der Waals surface area contributed by atoms with Crippen molar-refractivity contribution in [2.45, 2.75) is 0 Å². The molecule has 0 saturated heterocycles. The molecule has 4 heteroatoms. The maximum atomic E-state index is 7.60. The Balaban J connectivity index is 3.14. The predicted molar refractivity (Wildman–Crippen MR) is 23.6 cm³/mol. The highest BCUT2D eigenvalue weighted by atomic mass is 35.5. The second-order valence-corrected chi connectivity index (χ2v) is 1.14. The number of oxime groups is 1. The van der Waals surface area contributed by atoms with E-state index in [1.807, 2.05) is 0 Å². The number of halogens is 1. The summed E-state index contributed by atoms with van der Waals surface area (Å²) >= 11 is 4.96. The average molecular weight is 91.3 g/mol. The minimum absolute atomic E-state index is 0.157. The topological polar surface area (TPSA) is 32.6 Å². The van der Waals surface area contributed by atoms with E-state index >= 15 is 0 Å². The van der Waals surface area contributed by atoms with Crippen LogP contribution in [-0.4, -0.2) is 18.1 Å². The lowest BCUT2D eigenvalue weighted by Gasteiger charge is -1.68. The van der Waals surface area contributed by atoms with Crippen LogP contribution in [0.5, 0.6) is 0 Å². The summed E-state index contributed by atoms with van der Waals surface area (Å²) < 4.78 is 0. The minimum atomic E-state index is 0.157. The van der Waals surface area contributed by atoms with E-state index in [4.69, 9.17) is 16.8 Å². The Bertz CT molecular complexity index is 49.6. The van der Waals surface area contributed by atoms with Gasteiger partial charge in [-0.1, -0.05) is 16.8 Å². The molecule has 0 aliphatic carbocycles. The Labute approximate surface area is 35.8 Å². The van der Waals surface area contributed by atoms with Crippen molar-refractivity contribution in [2.75, 3.05) is 0 Å². The second-order valence-electron chi connectivity index (χ2n) is 0.597. The van der Waals surface area contributed by atoms with Gasteiger partial charge in [0.25, 0.3) is 0 Å². The third-order valence-corrected chi connectivity index (χ3v) is 0.213. The number of rotatable bonds is 0. The first kappa shape index (κ1) is 4.82. The van der Waals surface area contributed by atoms with Gasteiger partial charge in [0.1, 0.15) is 0 Å². The molecule has 0 aliphatic rings. The Morgan fingerprint density at radius 1 is 2.00 bits per heavy atom. The van der Waals surface area contributed by atoms with Crippen LogP contribution in [-0.2, 0) is 0 Å². The molecule has 0 amide bonds. The van der Waals surface area contributed by atoms with E-state index in [0.717, 1.165) is 0 Å². The summed E-state index contributed by atoms with van der Waals surface area (Å²) in [5.74, 6) is 0. The Hall–Kier alpha value is -0.175. The molecule has 0 aromatic carbocycles. The van der Waals surface area contributed by atoms with Gasteiger partial charge in [-0.3, -0.25) is 0 Å². The van der Waals surface area contributed by atoms with Crippen LogP contribution in [0.4, 0.5) is 0 Å². The van der Waals surface area contributed by atoms with E-state index in [0.29, 0.717) is 0 Å². The van der Waals surface area contributed by atoms with Crippen LogP contribution in [0.3, 0.4) is 0 Å². The molecule has 0 bridgehead atoms. The SMILES string of the molecule is B/C(Cl)=N/O. The van der Waals surface area contributed by atoms with Crippen molar-refractivity contribution >= 4 is 24.5 Å². The monoisotopic (exact) mass is 91.0 g/mol. The summed E-state index contributed by atoms with van der Waals surface area (Å²) in [6.07, 6.45) is 0. The van der Waals surface area contributed by atoms with E-state index < -0.39 is 0 Å². The summed E-state index contributed by atoms with van der Waals surface area (Å²) in [5, 5.41) is 10.3. The largest absolute Gasteiger partial charge is 0.411 e. The van der Waals surface area contributed by atoms with Crippen molar-refractivity contribution in [1.82, 2.24) is 0 Å². The summed E-state index contributed by atoms with van der Waals surface area (Å²) in [6, 6.07) is 0. The van der Waals surface area contributed by atoms with E-state index in [9.17, 15) is 0 Å². The summed E-state index contributed by atoms with van der Waals surface area (Å²) in [4.78, 5) is 0. The van der Waals surface area contributed by atoms with Gasteiger partial charge in [-0.05, 0) is 0 Å². The number of hydrogen-bond donors (Lipinski definition) is 1. The summed E-state index contributed by atoms with van der Waals surface area (Å²) in [6.45, 7) is 0. The molecule has 0 aliphatic heterocycles. The Morgan fingerprint density at radius 2 is 2.20 bits per heavy atom. The van der Waals surface area contributed by atoms with Gasteiger partial charge in [0.2, 0.25) is 0 Å². The van der Waals surface area contributed by atoms with Gasteiger partial charge < -0.3 is 5.21 Å². The molecule has 0 spiro atoms. The second kappa shape index (κ2) is 2.09. The Morgan fingerprint density at radius 3 is 2.20 bits per heavy atom. The molecule has 28 valence electrons. The molecular formula is CH3BClNO. The number of nitrogens with zero attached hydrogens (tertiary/aromatic N) is 1. The molecule has 0 unspecified atom stereocenters. The van der Waals surface area contributed by atoms with Crippen LogP contribution >= 0.6 is 11.6 Å². The molecule has 0 heterocycles. The van der Waals surface area contributed by atoms with Crippen LogP contribution in [0, 0.1) is 0 Å². The van der Waals surface area contributed by atoms with E-state index in [1.165, 1.54) is 7.85 Å². The smallest absolute Gasteiger partial charge is 0.184 e. The Kier molecular flexibility index (Phi) is 2.01. The fourth-order valence-electron chi connectivity index (χ4n) is 0. The van der Waals surface area contributed by atoms with Crippen molar-refractivity contribution in [3.8, 4) is 0 Å². The molecule has 0 fully saturated rings. The van der Waals surface area contributed by atoms with Crippen molar-refractivity contribution in [1.29, 1.82) is 0 Å². The van der Waals surface area contributed by atoms with Gasteiger partial charge in [-0.25, -0.2) is 0 Å². The van der Waals surface area contributed by atoms with E-state index in [1.54, 1.807) is 0 Å². The lowest BCUT2D eigenvalue weighted by molar-refractivity contribution is 0.322. The molecule has 0 atom stereocenters. The van der Waals surface area contributed by atoms with Gasteiger partial charge in [-0.15, -0.1) is 0 Å². The highest BCUT2D eigenvalue weighted by Crippen LogP contribution is 1.70. The highest BCUT2D eigenvalue weighted by Gasteiger charge is 1.70. The van der Waals surface area contributed by atoms with E-state index in [-0.39, 0.29) is 5.07 Å². The third kappa shape index (κ3) is 3.82. The van der Waals surface area contributed by atoms with E-state index in [2.05, 4.69) is 5.16 Å². The first-order chi connectivity index (χ1) is 2.27. The molecule has 5 heavy (non-hydrogen) atoms. The van der Waals surface area contributed by atoms with Gasteiger partial charge in [0.05, 0.1) is 5.07 Å². The lowest BCUT2D eigenvalue weighted by atomic mass is 10.2. The highest BCUT2D eigenvalue weighted by molar-refractivity contribution is 6.92. The zero-order valence-electron chi connectivity index (χ0n) is 2.77. The fourth-order valence-corrected chi connectivity index (χ4v) is 0. The normalized spacial score (nSPS) is 11.8. The number of hydrogen-bond acceptors (Lipinski definition) is 2. The fraction of sp³-hybridized carbons (Fsp3) is 0. The van der Waals surface area contributed by atoms with Crippen LogP contribution in [0.15, 0.2) is 5.16 Å². The quantitative estimate of drug-likeness (QED) is 0.187. The first-order valence-corrected chi connectivity index (χ1v) is 1.49. The predicted octanol–water partition coefficient (Wildman–Crippen LogP) is -0.397. The lowest BCUT2D eigenvalue weighted by Crippen LogP contribution is -1.78. The van der Waals surface area contributed by atoms with Gasteiger partial charge in [0.15, 0.2) is 7.85 Å². The van der Waals surface area contributed by atoms with Crippen LogP contribution < -0.4 is 0 Å². The van der Waals surface area contributed by atoms with Crippen LogP contribution in [0.1, 0.15) is 0 Å². The van der Waals surface area contributed by atoms with Crippen molar-refractivity contribution < 1.29 is 5.21 Å². The maximum absolute atomic E-state index is 7.60. The van der Waals surface area contributed by atoms with Crippen molar-refractivity contribution in [3.05, 3.63) is 0 Å². The standard InChI is InChI=1S/CH3BClNO/c2-1(3)4-5/h5H,2H2/b4-1-. The average Bonchev–Trinajstić information content (AvgIpc) is 1.38. The zero-order valence-corrected chi connectivity index (χ0v) is 3.53. The van der Waals surface area contributed by atoms with Gasteiger partial charge in [0, 0.05) is 0 Å². The van der Waals surface area contributed by atoms with Crippen LogP contribution in [0.25, 0.3) is 0 Å². The third-order valence-electron chi connectivity index (χ3n) is 0.138. The maximum Gasteiger partial charge on any atom is 0.184 e. The molecule has 0 radical (unpaired) electrons. The molecule has 0 aromatic rings. The first-order valence-electron chi connectivity index (χ1n) is 1.11. The van der Waals surface area contributed by atoms with Gasteiger partial charge in [-0.2, -0.15) is 0 Å². The molecule has 1 N–H and O–H groups in total.